The van der Waals surface area contributed by atoms with Gasteiger partial charge >= 0.3 is 6.03 Å². The molecule has 0 saturated carbocycles. The number of carbonyl (C=O) groups is 2. The summed E-state index contributed by atoms with van der Waals surface area (Å²) in [5, 5.41) is 15.6. The van der Waals surface area contributed by atoms with E-state index in [0.29, 0.717) is 36.5 Å². The van der Waals surface area contributed by atoms with Crippen molar-refractivity contribution >= 4 is 23.4 Å². The Morgan fingerprint density at radius 1 is 1.27 bits per heavy atom. The molecule has 1 aromatic heterocycles. The molecule has 1 aromatic carbocycles. The van der Waals surface area contributed by atoms with Crippen LogP contribution >= 0.6 is 0 Å². The summed E-state index contributed by atoms with van der Waals surface area (Å²) in [7, 11) is 0. The zero-order valence-electron chi connectivity index (χ0n) is 14.4. The minimum atomic E-state index is -0.437. The quantitative estimate of drug-likeness (QED) is 0.774. The highest BCUT2D eigenvalue weighted by Gasteiger charge is 2.41. The van der Waals surface area contributed by atoms with Gasteiger partial charge in [-0.25, -0.2) is 9.78 Å². The van der Waals surface area contributed by atoms with Gasteiger partial charge in [0.05, 0.1) is 12.1 Å². The number of aromatic nitrogens is 1. The minimum absolute atomic E-state index is 0.0403. The molecule has 0 spiro atoms. The maximum Gasteiger partial charge on any atom is 0.324 e. The molecule has 3 amide bonds. The lowest BCUT2D eigenvalue weighted by Crippen LogP contribution is -2.37. The molecule has 2 unspecified atom stereocenters. The Hall–Kier alpha value is -2.93. The summed E-state index contributed by atoms with van der Waals surface area (Å²) in [4.78, 5) is 31.0. The Bertz CT molecular complexity index is 883. The maximum atomic E-state index is 12.6. The van der Waals surface area contributed by atoms with E-state index in [1.54, 1.807) is 35.4 Å². The highest BCUT2D eigenvalue weighted by atomic mass is 16.3. The average Bonchev–Trinajstić information content (AvgIpc) is 2.90. The van der Waals surface area contributed by atoms with Crippen LogP contribution in [0.4, 0.5) is 16.3 Å². The number of anilines is 2. The molecule has 2 atom stereocenters. The third kappa shape index (κ3) is 2.80. The van der Waals surface area contributed by atoms with Crippen LogP contribution in [0.3, 0.4) is 0 Å². The van der Waals surface area contributed by atoms with Gasteiger partial charge in [-0.2, -0.15) is 0 Å². The van der Waals surface area contributed by atoms with Gasteiger partial charge in [0, 0.05) is 29.6 Å². The molecule has 0 radical (unpaired) electrons. The predicted octanol–water partition coefficient (Wildman–Crippen LogP) is 2.69. The van der Waals surface area contributed by atoms with E-state index >= 15 is 0 Å². The van der Waals surface area contributed by atoms with Crippen LogP contribution < -0.4 is 10.6 Å². The fourth-order valence-electron chi connectivity index (χ4n) is 3.72. The fraction of sp³-hybridized carbons (Fsp3) is 0.316. The van der Waals surface area contributed by atoms with Crippen molar-refractivity contribution in [1.29, 1.82) is 0 Å². The normalized spacial score (nSPS) is 21.2. The smallest absolute Gasteiger partial charge is 0.324 e. The maximum absolute atomic E-state index is 12.6. The largest absolute Gasteiger partial charge is 0.393 e. The van der Waals surface area contributed by atoms with Gasteiger partial charge in [-0.3, -0.25) is 10.1 Å². The van der Waals surface area contributed by atoms with E-state index in [9.17, 15) is 14.7 Å². The second-order valence-electron chi connectivity index (χ2n) is 6.71. The first kappa shape index (κ1) is 16.5. The first-order valence-electron chi connectivity index (χ1n) is 8.66. The fourth-order valence-corrected chi connectivity index (χ4v) is 3.72. The third-order valence-electron chi connectivity index (χ3n) is 4.99. The number of aryl methyl sites for hydroxylation is 1. The second-order valence-corrected chi connectivity index (χ2v) is 6.71. The number of benzene rings is 1. The van der Waals surface area contributed by atoms with E-state index in [1.807, 2.05) is 13.0 Å². The molecular weight excluding hydrogens is 332 g/mol. The van der Waals surface area contributed by atoms with Gasteiger partial charge in [0.15, 0.2) is 0 Å². The number of fused-ring (bicyclic) bond motifs is 3. The van der Waals surface area contributed by atoms with Crippen molar-refractivity contribution in [2.45, 2.75) is 31.9 Å². The zero-order chi connectivity index (χ0) is 18.3. The van der Waals surface area contributed by atoms with E-state index in [0.717, 1.165) is 11.1 Å². The highest BCUT2D eigenvalue weighted by molar-refractivity contribution is 6.05. The summed E-state index contributed by atoms with van der Waals surface area (Å²) in [6.07, 6.45) is 2.24. The number of piperidine rings is 1. The number of carbonyl (C=O) groups excluding carboxylic acids is 2. The Kier molecular flexibility index (Phi) is 4.08. The van der Waals surface area contributed by atoms with Crippen LogP contribution in [0, 0.1) is 6.92 Å². The molecule has 4 rings (SSSR count). The van der Waals surface area contributed by atoms with Crippen molar-refractivity contribution in [3.8, 4) is 0 Å². The molecule has 134 valence electrons. The van der Waals surface area contributed by atoms with E-state index in [-0.39, 0.29) is 11.9 Å². The molecule has 0 bridgehead atoms. The first-order chi connectivity index (χ1) is 12.5. The number of aliphatic hydroxyl groups is 1. The molecule has 3 heterocycles. The lowest BCUT2D eigenvalue weighted by atomic mass is 9.94. The number of rotatable bonds is 2. The van der Waals surface area contributed by atoms with Crippen LogP contribution in [-0.2, 0) is 0 Å². The number of nitrogens with zero attached hydrogens (tertiary/aromatic N) is 2. The van der Waals surface area contributed by atoms with Crippen LogP contribution in [0.15, 0.2) is 36.5 Å². The van der Waals surface area contributed by atoms with Crippen molar-refractivity contribution in [3.63, 3.8) is 0 Å². The summed E-state index contributed by atoms with van der Waals surface area (Å²) >= 11 is 0. The van der Waals surface area contributed by atoms with Gasteiger partial charge in [-0.15, -0.1) is 0 Å². The third-order valence-corrected chi connectivity index (χ3v) is 4.99. The van der Waals surface area contributed by atoms with Crippen LogP contribution in [0.2, 0.25) is 0 Å². The first-order valence-corrected chi connectivity index (χ1v) is 8.66. The number of hydrogen-bond acceptors (Lipinski definition) is 4. The molecule has 1 saturated heterocycles. The zero-order valence-corrected chi connectivity index (χ0v) is 14.4. The Morgan fingerprint density at radius 3 is 2.92 bits per heavy atom. The van der Waals surface area contributed by atoms with Crippen molar-refractivity contribution in [2.24, 2.45) is 0 Å². The number of pyridine rings is 1. The van der Waals surface area contributed by atoms with Crippen molar-refractivity contribution < 1.29 is 14.7 Å². The van der Waals surface area contributed by atoms with E-state index in [2.05, 4.69) is 15.6 Å². The SMILES string of the molecule is Cc1cccnc1NC(=O)Nc1cccc2c1C1CC(O)CCN1C2=O. The van der Waals surface area contributed by atoms with Gasteiger partial charge in [0.25, 0.3) is 5.91 Å². The Morgan fingerprint density at radius 2 is 2.12 bits per heavy atom. The average molecular weight is 352 g/mol. The molecule has 7 heteroatoms. The Labute approximate surface area is 151 Å². The number of aliphatic hydroxyl groups excluding tert-OH is 1. The van der Waals surface area contributed by atoms with E-state index in [4.69, 9.17) is 0 Å². The molecule has 1 fully saturated rings. The van der Waals surface area contributed by atoms with Crippen LogP contribution in [-0.4, -0.2) is 39.6 Å². The van der Waals surface area contributed by atoms with Crippen molar-refractivity contribution in [1.82, 2.24) is 9.88 Å². The van der Waals surface area contributed by atoms with Gasteiger partial charge in [0.2, 0.25) is 0 Å². The lowest BCUT2D eigenvalue weighted by molar-refractivity contribution is 0.0391. The summed E-state index contributed by atoms with van der Waals surface area (Å²) < 4.78 is 0. The summed E-state index contributed by atoms with van der Waals surface area (Å²) in [5.41, 5.74) is 2.82. The molecular formula is C19H20N4O3. The topological polar surface area (TPSA) is 94.6 Å². The van der Waals surface area contributed by atoms with Gasteiger partial charge in [0.1, 0.15) is 5.82 Å². The molecule has 26 heavy (non-hydrogen) atoms. The number of nitrogens with one attached hydrogen (secondary N) is 2. The molecule has 7 nitrogen and oxygen atoms in total. The standard InChI is InChI=1S/C19H20N4O3/c1-11-4-3-8-20-17(11)22-19(26)21-14-6-2-5-13-16(14)15-10-12(24)7-9-23(15)18(13)25/h2-6,8,12,15,24H,7,9-10H2,1H3,(H2,20,21,22,26). The summed E-state index contributed by atoms with van der Waals surface area (Å²) in [6, 6.07) is 8.36. The minimum Gasteiger partial charge on any atom is -0.393 e. The van der Waals surface area contributed by atoms with Gasteiger partial charge < -0.3 is 15.3 Å². The van der Waals surface area contributed by atoms with E-state index in [1.165, 1.54) is 0 Å². The second kappa shape index (κ2) is 6.42. The predicted molar refractivity (Wildman–Crippen MR) is 97.1 cm³/mol. The van der Waals surface area contributed by atoms with Gasteiger partial charge in [-0.1, -0.05) is 12.1 Å². The molecule has 2 aliphatic heterocycles. The number of urea groups is 1. The highest BCUT2D eigenvalue weighted by Crippen LogP contribution is 2.43. The van der Waals surface area contributed by atoms with Crippen LogP contribution in [0.25, 0.3) is 0 Å². The molecule has 0 aliphatic carbocycles. The van der Waals surface area contributed by atoms with Crippen LogP contribution in [0.1, 0.15) is 40.4 Å². The Balaban J connectivity index is 1.60. The summed E-state index contributed by atoms with van der Waals surface area (Å²) in [6.45, 7) is 2.39. The van der Waals surface area contributed by atoms with Crippen LogP contribution in [0.5, 0.6) is 0 Å². The lowest BCUT2D eigenvalue weighted by Gasteiger charge is -2.33. The molecule has 2 aliphatic rings. The number of amides is 3. The van der Waals surface area contributed by atoms with Gasteiger partial charge in [-0.05, 0) is 43.5 Å². The van der Waals surface area contributed by atoms with Crippen molar-refractivity contribution in [3.05, 3.63) is 53.2 Å². The molecule has 2 aromatic rings. The summed E-state index contributed by atoms with van der Waals surface area (Å²) in [5.74, 6) is 0.449. The van der Waals surface area contributed by atoms with E-state index < -0.39 is 12.1 Å². The monoisotopic (exact) mass is 352 g/mol. The molecule has 3 N–H and O–H groups in total. The number of hydrogen-bond donors (Lipinski definition) is 3. The van der Waals surface area contributed by atoms with Crippen molar-refractivity contribution in [2.75, 3.05) is 17.2 Å².